The zero-order valence-corrected chi connectivity index (χ0v) is 11.4. The van der Waals surface area contributed by atoms with Gasteiger partial charge in [0.05, 0.1) is 14.2 Å². The summed E-state index contributed by atoms with van der Waals surface area (Å²) in [5.74, 6) is 1.62. The molecule has 1 atom stereocenters. The highest BCUT2D eigenvalue weighted by atomic mass is 16.5. The number of fused-ring (bicyclic) bond motifs is 1. The molecule has 18 heavy (non-hydrogen) atoms. The van der Waals surface area contributed by atoms with Crippen LogP contribution in [0.2, 0.25) is 0 Å². The Morgan fingerprint density at radius 1 is 1.22 bits per heavy atom. The molecule has 0 saturated carbocycles. The lowest BCUT2D eigenvalue weighted by Gasteiger charge is -2.30. The number of benzene rings is 1. The highest BCUT2D eigenvalue weighted by Gasteiger charge is 2.19. The van der Waals surface area contributed by atoms with E-state index in [0.717, 1.165) is 37.6 Å². The van der Waals surface area contributed by atoms with Crippen molar-refractivity contribution in [3.05, 3.63) is 23.3 Å². The van der Waals surface area contributed by atoms with Gasteiger partial charge in [-0.05, 0) is 36.6 Å². The smallest absolute Gasteiger partial charge is 0.161 e. The van der Waals surface area contributed by atoms with Gasteiger partial charge >= 0.3 is 0 Å². The molecule has 0 aromatic heterocycles. The topological polar surface area (TPSA) is 47.7 Å². The maximum absolute atomic E-state index is 5.86. The van der Waals surface area contributed by atoms with Crippen LogP contribution in [0.15, 0.2) is 12.1 Å². The highest BCUT2D eigenvalue weighted by Crippen LogP contribution is 2.33. The van der Waals surface area contributed by atoms with E-state index in [1.165, 1.54) is 11.1 Å². The van der Waals surface area contributed by atoms with Gasteiger partial charge in [0, 0.05) is 25.7 Å². The van der Waals surface area contributed by atoms with Gasteiger partial charge in [0.25, 0.3) is 0 Å². The molecule has 0 bridgehead atoms. The van der Waals surface area contributed by atoms with Crippen molar-refractivity contribution in [2.45, 2.75) is 25.9 Å². The Kier molecular flexibility index (Phi) is 4.09. The van der Waals surface area contributed by atoms with Crippen molar-refractivity contribution < 1.29 is 9.47 Å². The summed E-state index contributed by atoms with van der Waals surface area (Å²) in [6, 6.07) is 4.39. The predicted molar refractivity (Wildman–Crippen MR) is 72.2 cm³/mol. The molecule has 0 radical (unpaired) electrons. The minimum Gasteiger partial charge on any atom is -0.493 e. The summed E-state index contributed by atoms with van der Waals surface area (Å²) in [5.41, 5.74) is 8.53. The Morgan fingerprint density at radius 3 is 2.39 bits per heavy atom. The maximum atomic E-state index is 5.86. The SMILES string of the molecule is COc1cc2c(cc1OC)CN(C[C@H](C)N)CC2. The fourth-order valence-corrected chi connectivity index (χ4v) is 2.50. The van der Waals surface area contributed by atoms with Gasteiger partial charge in [-0.25, -0.2) is 0 Å². The molecular weight excluding hydrogens is 228 g/mol. The van der Waals surface area contributed by atoms with E-state index in [1.54, 1.807) is 14.2 Å². The van der Waals surface area contributed by atoms with Gasteiger partial charge in [-0.1, -0.05) is 0 Å². The summed E-state index contributed by atoms with van der Waals surface area (Å²) in [6.45, 7) is 4.99. The Morgan fingerprint density at radius 2 is 1.83 bits per heavy atom. The first-order chi connectivity index (χ1) is 8.63. The van der Waals surface area contributed by atoms with Crippen LogP contribution in [-0.4, -0.2) is 38.3 Å². The second-order valence-electron chi connectivity index (χ2n) is 4.94. The lowest BCUT2D eigenvalue weighted by atomic mass is 9.98. The van der Waals surface area contributed by atoms with Gasteiger partial charge in [-0.3, -0.25) is 4.90 Å². The summed E-state index contributed by atoms with van der Waals surface area (Å²) >= 11 is 0. The van der Waals surface area contributed by atoms with E-state index >= 15 is 0 Å². The van der Waals surface area contributed by atoms with Crippen LogP contribution in [0.5, 0.6) is 11.5 Å². The van der Waals surface area contributed by atoms with Crippen molar-refractivity contribution in [1.29, 1.82) is 0 Å². The number of nitrogens with zero attached hydrogens (tertiary/aromatic N) is 1. The minimum absolute atomic E-state index is 0.215. The van der Waals surface area contributed by atoms with Crippen LogP contribution in [0.25, 0.3) is 0 Å². The Hall–Kier alpha value is -1.26. The van der Waals surface area contributed by atoms with Gasteiger partial charge < -0.3 is 15.2 Å². The van der Waals surface area contributed by atoms with E-state index < -0.39 is 0 Å². The monoisotopic (exact) mass is 250 g/mol. The summed E-state index contributed by atoms with van der Waals surface area (Å²) in [7, 11) is 3.35. The van der Waals surface area contributed by atoms with Crippen LogP contribution < -0.4 is 15.2 Å². The molecule has 2 N–H and O–H groups in total. The van der Waals surface area contributed by atoms with Crippen LogP contribution in [-0.2, 0) is 13.0 Å². The molecule has 0 amide bonds. The van der Waals surface area contributed by atoms with Gasteiger partial charge in [0.2, 0.25) is 0 Å². The third kappa shape index (κ3) is 2.76. The fourth-order valence-electron chi connectivity index (χ4n) is 2.50. The number of nitrogens with two attached hydrogens (primary N) is 1. The molecule has 1 aromatic carbocycles. The van der Waals surface area contributed by atoms with E-state index in [1.807, 2.05) is 6.92 Å². The summed E-state index contributed by atoms with van der Waals surface area (Å²) < 4.78 is 10.7. The molecule has 0 unspecified atom stereocenters. The molecule has 0 saturated heterocycles. The van der Waals surface area contributed by atoms with E-state index in [9.17, 15) is 0 Å². The number of hydrogen-bond donors (Lipinski definition) is 1. The zero-order valence-electron chi connectivity index (χ0n) is 11.4. The summed E-state index contributed by atoms with van der Waals surface area (Å²) in [6.07, 6.45) is 1.04. The van der Waals surface area contributed by atoms with Crippen LogP contribution in [0.4, 0.5) is 0 Å². The van der Waals surface area contributed by atoms with Crippen LogP contribution >= 0.6 is 0 Å². The van der Waals surface area contributed by atoms with E-state index in [0.29, 0.717) is 0 Å². The van der Waals surface area contributed by atoms with Crippen molar-refractivity contribution >= 4 is 0 Å². The maximum Gasteiger partial charge on any atom is 0.161 e. The van der Waals surface area contributed by atoms with Gasteiger partial charge in [-0.2, -0.15) is 0 Å². The number of methoxy groups -OCH3 is 2. The molecule has 4 nitrogen and oxygen atoms in total. The quantitative estimate of drug-likeness (QED) is 0.877. The van der Waals surface area contributed by atoms with E-state index in [-0.39, 0.29) is 6.04 Å². The lowest BCUT2D eigenvalue weighted by Crippen LogP contribution is -2.38. The van der Waals surface area contributed by atoms with Crippen molar-refractivity contribution in [2.75, 3.05) is 27.3 Å². The molecule has 0 aliphatic carbocycles. The van der Waals surface area contributed by atoms with Crippen LogP contribution in [0, 0.1) is 0 Å². The van der Waals surface area contributed by atoms with E-state index in [2.05, 4.69) is 17.0 Å². The minimum atomic E-state index is 0.215. The molecular formula is C14H22N2O2. The number of ether oxygens (including phenoxy) is 2. The summed E-state index contributed by atoms with van der Waals surface area (Å²) in [5, 5.41) is 0. The first-order valence-electron chi connectivity index (χ1n) is 6.35. The van der Waals surface area contributed by atoms with E-state index in [4.69, 9.17) is 15.2 Å². The fraction of sp³-hybridized carbons (Fsp3) is 0.571. The first kappa shape index (κ1) is 13.2. The first-order valence-corrected chi connectivity index (χ1v) is 6.35. The molecule has 1 aliphatic rings. The van der Waals surface area contributed by atoms with Gasteiger partial charge in [0.1, 0.15) is 0 Å². The van der Waals surface area contributed by atoms with Crippen molar-refractivity contribution in [3.8, 4) is 11.5 Å². The largest absolute Gasteiger partial charge is 0.493 e. The Balaban J connectivity index is 2.21. The average molecular weight is 250 g/mol. The predicted octanol–water partition coefficient (Wildman–Crippen LogP) is 1.41. The van der Waals surface area contributed by atoms with Crippen molar-refractivity contribution in [1.82, 2.24) is 4.90 Å². The summed E-state index contributed by atoms with van der Waals surface area (Å²) in [4.78, 5) is 2.39. The standard InChI is InChI=1S/C14H22N2O2/c1-10(15)8-16-5-4-11-6-13(17-2)14(18-3)7-12(11)9-16/h6-7,10H,4-5,8-9,15H2,1-3H3/t10-/m0/s1. The molecule has 2 rings (SSSR count). The van der Waals surface area contributed by atoms with Crippen molar-refractivity contribution in [2.24, 2.45) is 5.73 Å². The molecule has 100 valence electrons. The zero-order chi connectivity index (χ0) is 13.1. The van der Waals surface area contributed by atoms with Gasteiger partial charge in [-0.15, -0.1) is 0 Å². The average Bonchev–Trinajstić information content (AvgIpc) is 2.36. The molecule has 0 spiro atoms. The third-order valence-corrected chi connectivity index (χ3v) is 3.34. The molecule has 1 aromatic rings. The second-order valence-corrected chi connectivity index (χ2v) is 4.94. The highest BCUT2D eigenvalue weighted by molar-refractivity contribution is 5.48. The molecule has 1 heterocycles. The Labute approximate surface area is 109 Å². The van der Waals surface area contributed by atoms with Crippen molar-refractivity contribution in [3.63, 3.8) is 0 Å². The molecule has 0 fully saturated rings. The Bertz CT molecular complexity index is 419. The molecule has 4 heteroatoms. The second kappa shape index (κ2) is 5.59. The lowest BCUT2D eigenvalue weighted by molar-refractivity contribution is 0.241. The number of rotatable bonds is 4. The molecule has 1 aliphatic heterocycles. The van der Waals surface area contributed by atoms with Gasteiger partial charge in [0.15, 0.2) is 11.5 Å². The normalized spacial score (nSPS) is 17.1. The third-order valence-electron chi connectivity index (χ3n) is 3.34. The van der Waals surface area contributed by atoms with Crippen LogP contribution in [0.3, 0.4) is 0 Å². The number of hydrogen-bond acceptors (Lipinski definition) is 4. The van der Waals surface area contributed by atoms with Crippen LogP contribution in [0.1, 0.15) is 18.1 Å².